The van der Waals surface area contributed by atoms with Crippen LogP contribution in [0.15, 0.2) is 48.5 Å². The number of anilines is 1. The number of hydrogen-bond acceptors (Lipinski definition) is 4. The second-order valence-electron chi connectivity index (χ2n) is 6.41. The van der Waals surface area contributed by atoms with Crippen molar-refractivity contribution in [1.82, 2.24) is 0 Å². The lowest BCUT2D eigenvalue weighted by molar-refractivity contribution is -0.144. The van der Waals surface area contributed by atoms with E-state index in [2.05, 4.69) is 0 Å². The number of methoxy groups -OCH3 is 1. The average molecular weight is 425 g/mol. The van der Waals surface area contributed by atoms with Crippen LogP contribution in [0.1, 0.15) is 5.56 Å². The Balaban J connectivity index is 1.87. The molecule has 2 aromatic carbocycles. The van der Waals surface area contributed by atoms with Crippen LogP contribution in [-0.2, 0) is 24.5 Å². The highest BCUT2D eigenvalue weighted by molar-refractivity contribution is 6.50. The molecule has 0 unspecified atom stereocenters. The summed E-state index contributed by atoms with van der Waals surface area (Å²) < 4.78 is 4.80. The number of halogens is 3. The maximum absolute atomic E-state index is 13.4. The number of carbonyl (C=O) groups excluding carboxylic acids is 3. The van der Waals surface area contributed by atoms with E-state index in [0.29, 0.717) is 21.3 Å². The number of ether oxygens (including phenoxy) is 1. The Kier molecular flexibility index (Phi) is 4.04. The first-order valence-corrected chi connectivity index (χ1v) is 9.11. The van der Waals surface area contributed by atoms with Crippen molar-refractivity contribution in [3.8, 4) is 0 Å². The van der Waals surface area contributed by atoms with Crippen LogP contribution in [0, 0.1) is 5.92 Å². The maximum atomic E-state index is 13.4. The largest absolute Gasteiger partial charge is 0.468 e. The summed E-state index contributed by atoms with van der Waals surface area (Å²) in [5.74, 6) is -3.02. The van der Waals surface area contributed by atoms with Gasteiger partial charge < -0.3 is 4.74 Å². The first-order chi connectivity index (χ1) is 12.8. The van der Waals surface area contributed by atoms with Crippen molar-refractivity contribution in [3.05, 3.63) is 64.1 Å². The molecule has 1 saturated heterocycles. The summed E-state index contributed by atoms with van der Waals surface area (Å²) in [7, 11) is 1.17. The molecular formula is C19H12Cl3NO4. The van der Waals surface area contributed by atoms with Crippen LogP contribution in [0.25, 0.3) is 0 Å². The Morgan fingerprint density at radius 1 is 1.00 bits per heavy atom. The molecule has 8 heteroatoms. The number of piperidine rings is 1. The topological polar surface area (TPSA) is 63.7 Å². The van der Waals surface area contributed by atoms with Crippen LogP contribution in [-0.4, -0.2) is 29.8 Å². The van der Waals surface area contributed by atoms with Gasteiger partial charge in [-0.3, -0.25) is 14.4 Å². The van der Waals surface area contributed by atoms with Crippen molar-refractivity contribution in [2.75, 3.05) is 12.0 Å². The Hall–Kier alpha value is -2.08. The van der Waals surface area contributed by atoms with Gasteiger partial charge in [0.15, 0.2) is 4.87 Å². The van der Waals surface area contributed by atoms with E-state index in [1.807, 2.05) is 0 Å². The number of alkyl halides is 1. The molecule has 4 rings (SSSR count). The Morgan fingerprint density at radius 3 is 2.04 bits per heavy atom. The van der Waals surface area contributed by atoms with Gasteiger partial charge in [-0.1, -0.05) is 35.3 Å². The minimum absolute atomic E-state index is 0.360. The molecule has 0 aromatic heterocycles. The number of esters is 1. The molecule has 2 aromatic rings. The van der Waals surface area contributed by atoms with Gasteiger partial charge in [0.1, 0.15) is 5.41 Å². The van der Waals surface area contributed by atoms with Crippen LogP contribution < -0.4 is 4.90 Å². The van der Waals surface area contributed by atoms with Gasteiger partial charge in [0.2, 0.25) is 11.8 Å². The molecule has 0 bridgehead atoms. The number of rotatable bonds is 3. The highest BCUT2D eigenvalue weighted by Crippen LogP contribution is 2.72. The Bertz CT molecular complexity index is 975. The minimum atomic E-state index is -1.79. The third-order valence-corrected chi connectivity index (χ3v) is 6.37. The van der Waals surface area contributed by atoms with Gasteiger partial charge in [0.25, 0.3) is 0 Å². The first kappa shape index (κ1) is 18.3. The molecule has 2 amide bonds. The van der Waals surface area contributed by atoms with Crippen molar-refractivity contribution in [2.45, 2.75) is 10.3 Å². The van der Waals surface area contributed by atoms with Crippen LogP contribution in [0.2, 0.25) is 10.0 Å². The van der Waals surface area contributed by atoms with Gasteiger partial charge in [-0.05, 0) is 42.0 Å². The zero-order valence-electron chi connectivity index (χ0n) is 13.9. The van der Waals surface area contributed by atoms with E-state index < -0.39 is 34.0 Å². The number of imide groups is 1. The third-order valence-electron chi connectivity index (χ3n) is 5.20. The summed E-state index contributed by atoms with van der Waals surface area (Å²) in [6, 6.07) is 12.6. The molecular weight excluding hydrogens is 413 g/mol. The van der Waals surface area contributed by atoms with Gasteiger partial charge in [-0.2, -0.15) is 0 Å². The molecule has 138 valence electrons. The zero-order chi connectivity index (χ0) is 19.6. The zero-order valence-corrected chi connectivity index (χ0v) is 16.2. The van der Waals surface area contributed by atoms with Crippen LogP contribution >= 0.6 is 34.8 Å². The quantitative estimate of drug-likeness (QED) is 0.429. The number of fused-ring (bicyclic) bond motifs is 1. The summed E-state index contributed by atoms with van der Waals surface area (Å²) in [6.45, 7) is 0. The summed E-state index contributed by atoms with van der Waals surface area (Å²) in [5.41, 5.74) is -0.742. The normalized spacial score (nSPS) is 28.9. The fraction of sp³-hybridized carbons (Fsp3) is 0.211. The smallest absolute Gasteiger partial charge is 0.329 e. The second kappa shape index (κ2) is 5.96. The average Bonchev–Trinajstić information content (AvgIpc) is 3.15. The SMILES string of the molecule is COC(=O)[C@@]1(Cl)[C@H]2C(=O)N(c3ccc(Cl)cc3)C(=O)[C@]21c1ccc(Cl)cc1. The first-order valence-electron chi connectivity index (χ1n) is 7.97. The van der Waals surface area contributed by atoms with Gasteiger partial charge in [0.05, 0.1) is 18.7 Å². The molecule has 0 N–H and O–H groups in total. The van der Waals surface area contributed by atoms with Crippen molar-refractivity contribution < 1.29 is 19.1 Å². The second-order valence-corrected chi connectivity index (χ2v) is 7.88. The lowest BCUT2D eigenvalue weighted by Gasteiger charge is -2.25. The van der Waals surface area contributed by atoms with E-state index in [9.17, 15) is 14.4 Å². The van der Waals surface area contributed by atoms with Crippen molar-refractivity contribution in [1.29, 1.82) is 0 Å². The van der Waals surface area contributed by atoms with E-state index in [1.165, 1.54) is 7.11 Å². The molecule has 1 aliphatic carbocycles. The lowest BCUT2D eigenvalue weighted by Crippen LogP contribution is -2.46. The van der Waals surface area contributed by atoms with E-state index in [0.717, 1.165) is 4.90 Å². The molecule has 5 nitrogen and oxygen atoms in total. The van der Waals surface area contributed by atoms with Gasteiger partial charge in [-0.15, -0.1) is 11.6 Å². The maximum Gasteiger partial charge on any atom is 0.329 e. The van der Waals surface area contributed by atoms with Gasteiger partial charge >= 0.3 is 5.97 Å². The summed E-state index contributed by atoms with van der Waals surface area (Å²) >= 11 is 18.4. The number of nitrogens with zero attached hydrogens (tertiary/aromatic N) is 1. The fourth-order valence-electron chi connectivity index (χ4n) is 3.95. The van der Waals surface area contributed by atoms with Gasteiger partial charge in [0, 0.05) is 10.0 Å². The number of hydrogen-bond donors (Lipinski definition) is 0. The molecule has 1 saturated carbocycles. The van der Waals surface area contributed by atoms with E-state index in [-0.39, 0.29) is 0 Å². The molecule has 2 aliphatic rings. The standard InChI is InChI=1S/C19H12Cl3NO4/c1-27-17(26)19(22)14-15(24)23(13-8-6-12(21)7-9-13)16(25)18(14,19)10-2-4-11(20)5-3-10/h2-9,14H,1H3/t14-,18-,19-/m0/s1. The van der Waals surface area contributed by atoms with Crippen molar-refractivity contribution in [2.24, 2.45) is 5.92 Å². The molecule has 1 heterocycles. The highest BCUT2D eigenvalue weighted by atomic mass is 35.5. The number of benzene rings is 2. The van der Waals surface area contributed by atoms with Gasteiger partial charge in [-0.25, -0.2) is 4.90 Å². The van der Waals surface area contributed by atoms with Crippen LogP contribution in [0.3, 0.4) is 0 Å². The summed E-state index contributed by atoms with van der Waals surface area (Å²) in [6.07, 6.45) is 0. The minimum Gasteiger partial charge on any atom is -0.468 e. The van der Waals surface area contributed by atoms with Crippen LogP contribution in [0.4, 0.5) is 5.69 Å². The predicted molar refractivity (Wildman–Crippen MR) is 101 cm³/mol. The summed E-state index contributed by atoms with van der Waals surface area (Å²) in [5, 5.41) is 0.925. The lowest BCUT2D eigenvalue weighted by atomic mass is 9.91. The van der Waals surface area contributed by atoms with Crippen molar-refractivity contribution in [3.63, 3.8) is 0 Å². The third kappa shape index (κ3) is 2.16. The molecule has 2 fully saturated rings. The fourth-order valence-corrected chi connectivity index (χ4v) is 4.79. The monoisotopic (exact) mass is 423 g/mol. The molecule has 3 atom stereocenters. The number of amides is 2. The molecule has 27 heavy (non-hydrogen) atoms. The van der Waals surface area contributed by atoms with E-state index in [1.54, 1.807) is 48.5 Å². The highest BCUT2D eigenvalue weighted by Gasteiger charge is 2.92. The Morgan fingerprint density at radius 2 is 1.52 bits per heavy atom. The van der Waals surface area contributed by atoms with Crippen molar-refractivity contribution >= 4 is 58.3 Å². The summed E-state index contributed by atoms with van der Waals surface area (Å²) in [4.78, 5) is 38.2. The molecule has 0 radical (unpaired) electrons. The predicted octanol–water partition coefficient (Wildman–Crippen LogP) is 3.59. The van der Waals surface area contributed by atoms with E-state index in [4.69, 9.17) is 39.5 Å². The molecule has 1 aliphatic heterocycles. The van der Waals surface area contributed by atoms with E-state index >= 15 is 0 Å². The molecule has 0 spiro atoms. The Labute approximate surface area is 169 Å². The number of carbonyl (C=O) groups is 3. The van der Waals surface area contributed by atoms with Crippen LogP contribution in [0.5, 0.6) is 0 Å².